The van der Waals surface area contributed by atoms with E-state index in [0.717, 1.165) is 29.3 Å². The lowest BCUT2D eigenvalue weighted by atomic mass is 10.0. The third-order valence-corrected chi connectivity index (χ3v) is 7.01. The molecule has 2 heterocycles. The Kier molecular flexibility index (Phi) is 4.89. The molecule has 1 aromatic carbocycles. The van der Waals surface area contributed by atoms with Gasteiger partial charge in [-0.1, -0.05) is 22.4 Å². The molecule has 122 valence electrons. The van der Waals surface area contributed by atoms with Gasteiger partial charge in [0.05, 0.1) is 24.2 Å². The molecule has 2 fully saturated rings. The second kappa shape index (κ2) is 6.57. The summed E-state index contributed by atoms with van der Waals surface area (Å²) in [6.07, 6.45) is 2.21. The number of rotatable bonds is 3. The van der Waals surface area contributed by atoms with Crippen LogP contribution in [-0.4, -0.2) is 44.8 Å². The molecular formula is C15H20BrNO4S. The van der Waals surface area contributed by atoms with Crippen LogP contribution in [0, 0.1) is 6.92 Å². The summed E-state index contributed by atoms with van der Waals surface area (Å²) in [5.74, 6) is 0. The van der Waals surface area contributed by atoms with Crippen molar-refractivity contribution in [1.29, 1.82) is 0 Å². The molecule has 0 radical (unpaired) electrons. The molecule has 0 spiro atoms. The van der Waals surface area contributed by atoms with E-state index >= 15 is 0 Å². The Labute approximate surface area is 139 Å². The summed E-state index contributed by atoms with van der Waals surface area (Å²) in [7, 11) is -3.54. The first-order chi connectivity index (χ1) is 10.5. The smallest absolute Gasteiger partial charge is 0.243 e. The van der Waals surface area contributed by atoms with Crippen molar-refractivity contribution in [2.75, 3.05) is 19.8 Å². The van der Waals surface area contributed by atoms with Crippen LogP contribution in [-0.2, 0) is 19.5 Å². The zero-order valence-electron chi connectivity index (χ0n) is 12.5. The monoisotopic (exact) mass is 389 g/mol. The lowest BCUT2D eigenvalue weighted by Crippen LogP contribution is -2.50. The molecule has 1 aromatic rings. The normalized spacial score (nSPS) is 24.7. The topological polar surface area (TPSA) is 55.8 Å². The Bertz CT molecular complexity index is 643. The van der Waals surface area contributed by atoms with Crippen LogP contribution < -0.4 is 0 Å². The number of hydrogen-bond acceptors (Lipinski definition) is 4. The van der Waals surface area contributed by atoms with Crippen LogP contribution in [0.2, 0.25) is 0 Å². The minimum atomic E-state index is -3.54. The van der Waals surface area contributed by atoms with E-state index in [1.807, 2.05) is 6.92 Å². The molecule has 0 N–H and O–H groups in total. The predicted octanol–water partition coefficient (Wildman–Crippen LogP) is 2.67. The van der Waals surface area contributed by atoms with Crippen molar-refractivity contribution in [3.05, 3.63) is 28.2 Å². The second-order valence-electron chi connectivity index (χ2n) is 5.70. The van der Waals surface area contributed by atoms with Crippen molar-refractivity contribution in [2.24, 2.45) is 0 Å². The Morgan fingerprint density at radius 1 is 1.23 bits per heavy atom. The van der Waals surface area contributed by atoms with Gasteiger partial charge in [-0.25, -0.2) is 8.42 Å². The maximum atomic E-state index is 13.0. The van der Waals surface area contributed by atoms with Gasteiger partial charge in [-0.15, -0.1) is 0 Å². The first-order valence-corrected chi connectivity index (χ1v) is 9.74. The highest BCUT2D eigenvalue weighted by atomic mass is 79.9. The number of halogens is 1. The molecule has 0 amide bonds. The average molecular weight is 390 g/mol. The van der Waals surface area contributed by atoms with E-state index in [1.54, 1.807) is 22.5 Å². The van der Waals surface area contributed by atoms with Gasteiger partial charge in [0, 0.05) is 11.0 Å². The van der Waals surface area contributed by atoms with Gasteiger partial charge in [-0.05, 0) is 43.5 Å². The predicted molar refractivity (Wildman–Crippen MR) is 86.1 cm³/mol. The van der Waals surface area contributed by atoms with E-state index < -0.39 is 16.3 Å². The molecule has 5 nitrogen and oxygen atoms in total. The van der Waals surface area contributed by atoms with Crippen LogP contribution in [0.5, 0.6) is 0 Å². The highest BCUT2D eigenvalue weighted by Crippen LogP contribution is 2.31. The van der Waals surface area contributed by atoms with Crippen LogP contribution in [0.25, 0.3) is 0 Å². The molecule has 2 aliphatic rings. The molecule has 3 rings (SSSR count). The van der Waals surface area contributed by atoms with E-state index in [2.05, 4.69) is 15.9 Å². The summed E-state index contributed by atoms with van der Waals surface area (Å²) in [4.78, 5) is 0.332. The SMILES string of the molecule is Cc1cc(S(=O)(=O)N2CCCC[C@H]2C2OCCO2)ccc1Br. The molecule has 0 aromatic heterocycles. The standard InChI is InChI=1S/C15H20BrNO4S/c1-11-10-12(5-6-13(11)16)22(18,19)17-7-3-2-4-14(17)15-20-8-9-21-15/h5-6,10,14-15H,2-4,7-9H2,1H3/t14-/m0/s1. The van der Waals surface area contributed by atoms with Crippen LogP contribution in [0.3, 0.4) is 0 Å². The summed E-state index contributed by atoms with van der Waals surface area (Å²) >= 11 is 3.41. The summed E-state index contributed by atoms with van der Waals surface area (Å²) in [5, 5.41) is 0. The minimum absolute atomic E-state index is 0.231. The number of benzene rings is 1. The van der Waals surface area contributed by atoms with Gasteiger partial charge in [-0.3, -0.25) is 0 Å². The lowest BCUT2D eigenvalue weighted by Gasteiger charge is -2.36. The van der Waals surface area contributed by atoms with Crippen molar-refractivity contribution < 1.29 is 17.9 Å². The zero-order chi connectivity index (χ0) is 15.7. The molecule has 2 aliphatic heterocycles. The highest BCUT2D eigenvalue weighted by Gasteiger charge is 2.40. The first kappa shape index (κ1) is 16.4. The largest absolute Gasteiger partial charge is 0.349 e. The van der Waals surface area contributed by atoms with E-state index in [4.69, 9.17) is 9.47 Å². The highest BCUT2D eigenvalue weighted by molar-refractivity contribution is 9.10. The fraction of sp³-hybridized carbons (Fsp3) is 0.600. The van der Waals surface area contributed by atoms with Gasteiger partial charge in [0.2, 0.25) is 10.0 Å². The van der Waals surface area contributed by atoms with Crippen molar-refractivity contribution in [3.8, 4) is 0 Å². The Balaban J connectivity index is 1.92. The quantitative estimate of drug-likeness (QED) is 0.797. The van der Waals surface area contributed by atoms with Crippen LogP contribution >= 0.6 is 15.9 Å². The number of piperidine rings is 1. The first-order valence-electron chi connectivity index (χ1n) is 7.51. The van der Waals surface area contributed by atoms with Crippen molar-refractivity contribution in [3.63, 3.8) is 0 Å². The average Bonchev–Trinajstić information content (AvgIpc) is 3.04. The van der Waals surface area contributed by atoms with Gasteiger partial charge in [-0.2, -0.15) is 4.31 Å². The van der Waals surface area contributed by atoms with Crippen molar-refractivity contribution in [2.45, 2.75) is 43.4 Å². The van der Waals surface area contributed by atoms with Crippen LogP contribution in [0.1, 0.15) is 24.8 Å². The number of sulfonamides is 1. The molecule has 2 saturated heterocycles. The van der Waals surface area contributed by atoms with Crippen LogP contribution in [0.4, 0.5) is 0 Å². The number of ether oxygens (including phenoxy) is 2. The number of aryl methyl sites for hydroxylation is 1. The maximum Gasteiger partial charge on any atom is 0.243 e. The third kappa shape index (κ3) is 3.10. The summed E-state index contributed by atoms with van der Waals surface area (Å²) in [6, 6.07) is 4.91. The fourth-order valence-electron chi connectivity index (χ4n) is 3.01. The van der Waals surface area contributed by atoms with E-state index in [1.165, 1.54) is 0 Å². The van der Waals surface area contributed by atoms with Crippen molar-refractivity contribution >= 4 is 26.0 Å². The molecule has 0 bridgehead atoms. The summed E-state index contributed by atoms with van der Waals surface area (Å²) in [5.41, 5.74) is 0.906. The molecule has 22 heavy (non-hydrogen) atoms. The van der Waals surface area contributed by atoms with Gasteiger partial charge in [0.25, 0.3) is 0 Å². The molecule has 1 atom stereocenters. The van der Waals surface area contributed by atoms with E-state index in [9.17, 15) is 8.42 Å². The number of hydrogen-bond donors (Lipinski definition) is 0. The Morgan fingerprint density at radius 3 is 2.64 bits per heavy atom. The zero-order valence-corrected chi connectivity index (χ0v) is 14.9. The minimum Gasteiger partial charge on any atom is -0.349 e. The van der Waals surface area contributed by atoms with Crippen LogP contribution in [0.15, 0.2) is 27.6 Å². The van der Waals surface area contributed by atoms with Gasteiger partial charge in [0.1, 0.15) is 0 Å². The molecule has 0 aliphatic carbocycles. The molecular weight excluding hydrogens is 370 g/mol. The Morgan fingerprint density at radius 2 is 1.95 bits per heavy atom. The van der Waals surface area contributed by atoms with E-state index in [0.29, 0.717) is 24.7 Å². The molecule has 7 heteroatoms. The third-order valence-electron chi connectivity index (χ3n) is 4.20. The summed E-state index contributed by atoms with van der Waals surface area (Å²) < 4.78 is 39.6. The Hall–Kier alpha value is -0.470. The fourth-order valence-corrected chi connectivity index (χ4v) is 5.03. The van der Waals surface area contributed by atoms with Gasteiger partial charge < -0.3 is 9.47 Å². The summed E-state index contributed by atoms with van der Waals surface area (Å²) in [6.45, 7) is 3.48. The van der Waals surface area contributed by atoms with Gasteiger partial charge >= 0.3 is 0 Å². The molecule has 0 saturated carbocycles. The maximum absolute atomic E-state index is 13.0. The van der Waals surface area contributed by atoms with E-state index in [-0.39, 0.29) is 6.04 Å². The molecule has 0 unspecified atom stereocenters. The number of nitrogens with zero attached hydrogens (tertiary/aromatic N) is 1. The lowest BCUT2D eigenvalue weighted by molar-refractivity contribution is -0.0913. The van der Waals surface area contributed by atoms with Gasteiger partial charge in [0.15, 0.2) is 6.29 Å². The van der Waals surface area contributed by atoms with Crippen molar-refractivity contribution in [1.82, 2.24) is 4.31 Å². The second-order valence-corrected chi connectivity index (χ2v) is 8.44.